The minimum atomic E-state index is -0.0488. The van der Waals surface area contributed by atoms with E-state index in [0.29, 0.717) is 11.8 Å². The van der Waals surface area contributed by atoms with Crippen molar-refractivity contribution in [3.63, 3.8) is 0 Å². The minimum absolute atomic E-state index is 0.0488. The van der Waals surface area contributed by atoms with Crippen LogP contribution < -0.4 is 5.32 Å². The molecule has 1 atom stereocenters. The highest BCUT2D eigenvalue weighted by Gasteiger charge is 2.33. The average Bonchev–Trinajstić information content (AvgIpc) is 3.05. The van der Waals surface area contributed by atoms with Crippen molar-refractivity contribution in [1.82, 2.24) is 5.32 Å². The molecule has 1 unspecified atom stereocenters. The molecule has 0 bridgehead atoms. The molecule has 2 heteroatoms. The Hall–Kier alpha value is -0.890. The lowest BCUT2D eigenvalue weighted by atomic mass is 9.93. The van der Waals surface area contributed by atoms with Crippen molar-refractivity contribution in [2.45, 2.75) is 25.7 Å². The van der Waals surface area contributed by atoms with E-state index < -0.39 is 0 Å². The van der Waals surface area contributed by atoms with Gasteiger partial charge in [0.05, 0.1) is 0 Å². The fraction of sp³-hybridized carbons (Fsp3) is 0.538. The maximum Gasteiger partial charge on any atom is 0.126 e. The molecule has 1 aliphatic rings. The standard InChI is InChI=1S/C13H18FN/c1-2-15-9-12(10-7-8-10)11-5-3-4-6-13(11)14/h3-6,10,12,15H,2,7-9H2,1H3. The summed E-state index contributed by atoms with van der Waals surface area (Å²) in [5.41, 5.74) is 0.890. The van der Waals surface area contributed by atoms with Crippen molar-refractivity contribution in [3.05, 3.63) is 35.6 Å². The van der Waals surface area contributed by atoms with Crippen LogP contribution >= 0.6 is 0 Å². The van der Waals surface area contributed by atoms with Crippen molar-refractivity contribution in [3.8, 4) is 0 Å². The number of benzene rings is 1. The van der Waals surface area contributed by atoms with Gasteiger partial charge in [0.25, 0.3) is 0 Å². The molecule has 0 heterocycles. The second kappa shape index (κ2) is 4.75. The van der Waals surface area contributed by atoms with Crippen LogP contribution in [0.1, 0.15) is 31.2 Å². The summed E-state index contributed by atoms with van der Waals surface area (Å²) in [6.45, 7) is 3.95. The third-order valence-electron chi connectivity index (χ3n) is 3.11. The summed E-state index contributed by atoms with van der Waals surface area (Å²) < 4.78 is 13.6. The summed E-state index contributed by atoms with van der Waals surface area (Å²) in [7, 11) is 0. The van der Waals surface area contributed by atoms with Crippen molar-refractivity contribution in [2.24, 2.45) is 5.92 Å². The molecule has 1 fully saturated rings. The first-order valence-electron chi connectivity index (χ1n) is 5.78. The first-order valence-corrected chi connectivity index (χ1v) is 5.78. The third kappa shape index (κ3) is 2.57. The van der Waals surface area contributed by atoms with Crippen LogP contribution in [0.25, 0.3) is 0 Å². The van der Waals surface area contributed by atoms with Crippen LogP contribution in [-0.4, -0.2) is 13.1 Å². The highest BCUT2D eigenvalue weighted by molar-refractivity contribution is 5.24. The van der Waals surface area contributed by atoms with E-state index in [0.717, 1.165) is 18.7 Å². The van der Waals surface area contributed by atoms with Crippen LogP contribution in [-0.2, 0) is 0 Å². The first-order chi connectivity index (χ1) is 7.33. The second-order valence-electron chi connectivity index (χ2n) is 4.27. The van der Waals surface area contributed by atoms with Crippen LogP contribution in [0.2, 0.25) is 0 Å². The maximum atomic E-state index is 13.6. The molecule has 0 aromatic heterocycles. The predicted molar refractivity (Wildman–Crippen MR) is 60.4 cm³/mol. The smallest absolute Gasteiger partial charge is 0.126 e. The summed E-state index contributed by atoms with van der Waals surface area (Å²) >= 11 is 0. The van der Waals surface area contributed by atoms with Crippen molar-refractivity contribution in [2.75, 3.05) is 13.1 Å². The summed E-state index contributed by atoms with van der Waals surface area (Å²) in [5.74, 6) is 1.01. The summed E-state index contributed by atoms with van der Waals surface area (Å²) in [4.78, 5) is 0. The Morgan fingerprint density at radius 2 is 2.13 bits per heavy atom. The molecule has 1 aromatic rings. The fourth-order valence-electron chi connectivity index (χ4n) is 2.10. The molecular weight excluding hydrogens is 189 g/mol. The number of likely N-dealkylation sites (N-methyl/N-ethyl adjacent to an activating group) is 1. The molecule has 1 aromatic carbocycles. The van der Waals surface area contributed by atoms with Gasteiger partial charge in [-0.3, -0.25) is 0 Å². The van der Waals surface area contributed by atoms with E-state index in [9.17, 15) is 4.39 Å². The zero-order chi connectivity index (χ0) is 10.7. The maximum absolute atomic E-state index is 13.6. The molecule has 0 saturated heterocycles. The number of hydrogen-bond acceptors (Lipinski definition) is 1. The average molecular weight is 207 g/mol. The van der Waals surface area contributed by atoms with E-state index in [1.807, 2.05) is 12.1 Å². The molecule has 1 N–H and O–H groups in total. The molecule has 82 valence electrons. The predicted octanol–water partition coefficient (Wildman–Crippen LogP) is 2.93. The van der Waals surface area contributed by atoms with Crippen molar-refractivity contribution < 1.29 is 4.39 Å². The van der Waals surface area contributed by atoms with E-state index >= 15 is 0 Å². The molecular formula is C13H18FN. The molecule has 15 heavy (non-hydrogen) atoms. The van der Waals surface area contributed by atoms with Crippen LogP contribution in [0.3, 0.4) is 0 Å². The van der Waals surface area contributed by atoms with Crippen molar-refractivity contribution >= 4 is 0 Å². The Balaban J connectivity index is 2.13. The first kappa shape index (κ1) is 10.6. The Bertz CT molecular complexity index is 320. The van der Waals surface area contributed by atoms with Crippen LogP contribution in [0.4, 0.5) is 4.39 Å². The van der Waals surface area contributed by atoms with Gasteiger partial charge < -0.3 is 5.32 Å². The molecule has 1 aliphatic carbocycles. The van der Waals surface area contributed by atoms with E-state index in [2.05, 4.69) is 12.2 Å². The Labute approximate surface area is 90.7 Å². The third-order valence-corrected chi connectivity index (χ3v) is 3.11. The molecule has 1 nitrogen and oxygen atoms in total. The molecule has 0 spiro atoms. The quantitative estimate of drug-likeness (QED) is 0.782. The zero-order valence-corrected chi connectivity index (χ0v) is 9.17. The number of nitrogens with one attached hydrogen (secondary N) is 1. The Morgan fingerprint density at radius 3 is 2.73 bits per heavy atom. The van der Waals surface area contributed by atoms with Crippen molar-refractivity contribution in [1.29, 1.82) is 0 Å². The number of halogens is 1. The lowest BCUT2D eigenvalue weighted by molar-refractivity contribution is 0.510. The van der Waals surface area contributed by atoms with Gasteiger partial charge in [-0.15, -0.1) is 0 Å². The van der Waals surface area contributed by atoms with Gasteiger partial charge in [-0.1, -0.05) is 25.1 Å². The van der Waals surface area contributed by atoms with Gasteiger partial charge in [-0.2, -0.15) is 0 Å². The molecule has 0 amide bonds. The van der Waals surface area contributed by atoms with E-state index in [1.54, 1.807) is 12.1 Å². The summed E-state index contributed by atoms with van der Waals surface area (Å²) in [6, 6.07) is 7.18. The molecule has 2 rings (SSSR count). The lowest BCUT2D eigenvalue weighted by Crippen LogP contribution is -2.23. The SMILES string of the molecule is CCNCC(c1ccccc1F)C1CC1. The number of rotatable bonds is 5. The largest absolute Gasteiger partial charge is 0.316 e. The fourth-order valence-corrected chi connectivity index (χ4v) is 2.10. The highest BCUT2D eigenvalue weighted by atomic mass is 19.1. The van der Waals surface area contributed by atoms with Gasteiger partial charge in [0.15, 0.2) is 0 Å². The molecule has 1 saturated carbocycles. The number of hydrogen-bond donors (Lipinski definition) is 1. The van der Waals surface area contributed by atoms with E-state index in [-0.39, 0.29) is 5.82 Å². The van der Waals surface area contributed by atoms with E-state index in [1.165, 1.54) is 12.8 Å². The van der Waals surface area contributed by atoms with Crippen LogP contribution in [0.5, 0.6) is 0 Å². The topological polar surface area (TPSA) is 12.0 Å². The molecule has 0 radical (unpaired) electrons. The van der Waals surface area contributed by atoms with E-state index in [4.69, 9.17) is 0 Å². The van der Waals surface area contributed by atoms with Crippen LogP contribution in [0.15, 0.2) is 24.3 Å². The van der Waals surface area contributed by atoms with Gasteiger partial charge in [0.1, 0.15) is 5.82 Å². The Kier molecular flexibility index (Phi) is 3.37. The minimum Gasteiger partial charge on any atom is -0.316 e. The van der Waals surface area contributed by atoms with Gasteiger partial charge in [-0.05, 0) is 36.9 Å². The zero-order valence-electron chi connectivity index (χ0n) is 9.17. The monoisotopic (exact) mass is 207 g/mol. The van der Waals surface area contributed by atoms with Gasteiger partial charge >= 0.3 is 0 Å². The Morgan fingerprint density at radius 1 is 1.40 bits per heavy atom. The summed E-state index contributed by atoms with van der Waals surface area (Å²) in [5, 5.41) is 3.33. The van der Waals surface area contributed by atoms with Gasteiger partial charge in [0.2, 0.25) is 0 Å². The lowest BCUT2D eigenvalue weighted by Gasteiger charge is -2.17. The normalized spacial score (nSPS) is 17.7. The van der Waals surface area contributed by atoms with Gasteiger partial charge in [-0.25, -0.2) is 4.39 Å². The molecule has 0 aliphatic heterocycles. The van der Waals surface area contributed by atoms with Crippen LogP contribution in [0, 0.1) is 11.7 Å². The highest BCUT2D eigenvalue weighted by Crippen LogP contribution is 2.42. The second-order valence-corrected chi connectivity index (χ2v) is 4.27. The summed E-state index contributed by atoms with van der Waals surface area (Å²) in [6.07, 6.45) is 2.51. The van der Waals surface area contributed by atoms with Gasteiger partial charge in [0, 0.05) is 12.5 Å².